The molecule has 2 aliphatic heterocycles. The van der Waals surface area contributed by atoms with Crippen LogP contribution in [0.2, 0.25) is 0 Å². The van der Waals surface area contributed by atoms with Crippen LogP contribution < -0.4 is 15.4 Å². The van der Waals surface area contributed by atoms with Crippen LogP contribution in [0, 0.1) is 29.6 Å². The van der Waals surface area contributed by atoms with Gasteiger partial charge in [-0.3, -0.25) is 9.78 Å². The third-order valence-electron chi connectivity index (χ3n) is 5.51. The summed E-state index contributed by atoms with van der Waals surface area (Å²) in [6, 6.07) is 9.28. The van der Waals surface area contributed by atoms with E-state index in [1.54, 1.807) is 12.3 Å². The van der Waals surface area contributed by atoms with E-state index in [2.05, 4.69) is 27.8 Å². The Bertz CT molecular complexity index is 1080. The van der Waals surface area contributed by atoms with Crippen LogP contribution in [0.3, 0.4) is 0 Å². The van der Waals surface area contributed by atoms with Crippen LogP contribution in [0.15, 0.2) is 24.4 Å². The smallest absolute Gasteiger partial charge is 0.251 e. The van der Waals surface area contributed by atoms with Crippen LogP contribution in [0.5, 0.6) is 5.75 Å². The minimum atomic E-state index is -0.678. The van der Waals surface area contributed by atoms with Gasteiger partial charge in [-0.25, -0.2) is 0 Å². The molecule has 31 heavy (non-hydrogen) atoms. The summed E-state index contributed by atoms with van der Waals surface area (Å²) < 4.78 is 11.5. The highest BCUT2D eigenvalue weighted by Gasteiger charge is 2.25. The number of nitrogens with zero attached hydrogens (tertiary/aromatic N) is 3. The molecule has 0 spiro atoms. The molecule has 0 saturated carbocycles. The van der Waals surface area contributed by atoms with Crippen LogP contribution in [0.1, 0.15) is 28.7 Å². The fraction of sp³-hybridized carbons (Fsp3) is 0.391. The Morgan fingerprint density at radius 1 is 1.39 bits per heavy atom. The van der Waals surface area contributed by atoms with E-state index in [1.807, 2.05) is 19.1 Å². The second-order valence-electron chi connectivity index (χ2n) is 7.72. The van der Waals surface area contributed by atoms with Gasteiger partial charge >= 0.3 is 0 Å². The summed E-state index contributed by atoms with van der Waals surface area (Å²) in [5, 5.41) is 24.7. The topological polar surface area (TPSA) is 120 Å². The number of ether oxygens (including phenoxy) is 2. The zero-order valence-corrected chi connectivity index (χ0v) is 17.3. The molecule has 1 amide bonds. The second kappa shape index (κ2) is 9.13. The van der Waals surface area contributed by atoms with Gasteiger partial charge in [0.1, 0.15) is 30.6 Å². The van der Waals surface area contributed by atoms with Crippen molar-refractivity contribution < 1.29 is 14.3 Å². The minimum absolute atomic E-state index is 0.278. The Labute approximate surface area is 180 Å². The molecule has 4 rings (SSSR count). The van der Waals surface area contributed by atoms with E-state index in [0.717, 1.165) is 40.9 Å². The minimum Gasteiger partial charge on any atom is -0.488 e. The number of pyridine rings is 1. The maximum Gasteiger partial charge on any atom is 0.251 e. The molecule has 1 fully saturated rings. The number of nitrogens with one attached hydrogen (secondary N) is 2. The summed E-state index contributed by atoms with van der Waals surface area (Å²) in [6.45, 7) is 4.07. The normalized spacial score (nSPS) is 18.2. The summed E-state index contributed by atoms with van der Waals surface area (Å²) in [5.74, 6) is 0.406. The molecule has 2 aliphatic rings. The van der Waals surface area contributed by atoms with Crippen LogP contribution in [0.4, 0.5) is 0 Å². The van der Waals surface area contributed by atoms with E-state index in [9.17, 15) is 10.1 Å². The van der Waals surface area contributed by atoms with Crippen molar-refractivity contribution >= 4 is 5.91 Å². The van der Waals surface area contributed by atoms with E-state index in [1.165, 1.54) is 0 Å². The van der Waals surface area contributed by atoms with Gasteiger partial charge in [0, 0.05) is 36.9 Å². The average molecular weight is 417 g/mol. The highest BCUT2D eigenvalue weighted by molar-refractivity contribution is 5.81. The Morgan fingerprint density at radius 3 is 3.06 bits per heavy atom. The highest BCUT2D eigenvalue weighted by atomic mass is 16.5. The van der Waals surface area contributed by atoms with Gasteiger partial charge < -0.3 is 20.1 Å². The molecule has 1 aromatic carbocycles. The molecule has 1 unspecified atom stereocenters. The lowest BCUT2D eigenvalue weighted by atomic mass is 9.94. The number of carbonyl (C=O) groups excluding carboxylic acids is 1. The first-order valence-electron chi connectivity index (χ1n) is 10.3. The molecular weight excluding hydrogens is 394 g/mol. The van der Waals surface area contributed by atoms with E-state index < -0.39 is 12.1 Å². The molecule has 8 heteroatoms. The van der Waals surface area contributed by atoms with Crippen molar-refractivity contribution in [3.8, 4) is 29.1 Å². The number of amides is 1. The van der Waals surface area contributed by atoms with Crippen LogP contribution in [-0.4, -0.2) is 42.7 Å². The number of carbonyl (C=O) groups is 1. The number of hydrogen-bond donors (Lipinski definition) is 2. The third-order valence-corrected chi connectivity index (χ3v) is 5.51. The van der Waals surface area contributed by atoms with Crippen LogP contribution in [-0.2, 0) is 22.6 Å². The first-order chi connectivity index (χ1) is 15.1. The zero-order valence-electron chi connectivity index (χ0n) is 17.3. The molecule has 1 saturated heterocycles. The van der Waals surface area contributed by atoms with Crippen molar-refractivity contribution in [2.24, 2.45) is 0 Å². The van der Waals surface area contributed by atoms with Gasteiger partial charge in [-0.1, -0.05) is 0 Å². The second-order valence-corrected chi connectivity index (χ2v) is 7.72. The van der Waals surface area contributed by atoms with E-state index in [4.69, 9.17) is 14.7 Å². The number of rotatable bonds is 4. The lowest BCUT2D eigenvalue weighted by molar-refractivity contribution is -0.132. The fourth-order valence-electron chi connectivity index (χ4n) is 3.83. The van der Waals surface area contributed by atoms with Gasteiger partial charge in [-0.2, -0.15) is 10.5 Å². The van der Waals surface area contributed by atoms with Crippen molar-refractivity contribution in [3.05, 3.63) is 46.6 Å². The molecule has 0 bridgehead atoms. The lowest BCUT2D eigenvalue weighted by Crippen LogP contribution is -2.46. The Kier molecular flexibility index (Phi) is 6.13. The number of aromatic nitrogens is 1. The lowest BCUT2D eigenvalue weighted by Gasteiger charge is -2.23. The standard InChI is InChI=1S/C23H23N5O3/c1-14-5-19-20(31-13-17-6-15(9-24)11-27-22(17)19)8-16(14)7-18(10-25)28-23(29)21-12-26-3-2-4-30-21/h5-6,8,11,18,21,26H,2-4,7,12-13H2,1H3,(H,28,29)/t18?,21-/m0/s1. The van der Waals surface area contributed by atoms with Crippen molar-refractivity contribution in [3.63, 3.8) is 0 Å². The molecule has 2 aromatic rings. The predicted molar refractivity (Wildman–Crippen MR) is 112 cm³/mol. The SMILES string of the molecule is Cc1cc2c(cc1CC(C#N)NC(=O)[C@@H]1CNCCCO1)OCc1cc(C#N)cnc1-2. The average Bonchev–Trinajstić information content (AvgIpc) is 3.08. The molecule has 0 radical (unpaired) electrons. The maximum atomic E-state index is 12.5. The largest absolute Gasteiger partial charge is 0.488 e. The molecule has 2 N–H and O–H groups in total. The van der Waals surface area contributed by atoms with Gasteiger partial charge in [-0.15, -0.1) is 0 Å². The van der Waals surface area contributed by atoms with Gasteiger partial charge in [0.15, 0.2) is 0 Å². The molecule has 1 aromatic heterocycles. The summed E-state index contributed by atoms with van der Waals surface area (Å²) >= 11 is 0. The first kappa shape index (κ1) is 20.8. The summed E-state index contributed by atoms with van der Waals surface area (Å²) in [5.41, 5.74) is 4.93. The summed E-state index contributed by atoms with van der Waals surface area (Å²) in [7, 11) is 0. The predicted octanol–water partition coefficient (Wildman–Crippen LogP) is 1.75. The van der Waals surface area contributed by atoms with Gasteiger partial charge in [0.25, 0.3) is 5.91 Å². The molecule has 0 aliphatic carbocycles. The molecule has 158 valence electrons. The van der Waals surface area contributed by atoms with Crippen LogP contribution in [0.25, 0.3) is 11.3 Å². The molecule has 3 heterocycles. The van der Waals surface area contributed by atoms with Gasteiger partial charge in [0.2, 0.25) is 0 Å². The van der Waals surface area contributed by atoms with Crippen molar-refractivity contribution in [2.45, 2.75) is 38.5 Å². The molecular formula is C23H23N5O3. The third kappa shape index (κ3) is 4.51. The van der Waals surface area contributed by atoms with E-state index in [0.29, 0.717) is 37.5 Å². The highest BCUT2D eigenvalue weighted by Crippen LogP contribution is 2.38. The van der Waals surface area contributed by atoms with E-state index >= 15 is 0 Å². The maximum absolute atomic E-state index is 12.5. The van der Waals surface area contributed by atoms with E-state index in [-0.39, 0.29) is 5.91 Å². The number of fused-ring (bicyclic) bond motifs is 3. The Hall–Kier alpha value is -3.46. The van der Waals surface area contributed by atoms with Gasteiger partial charge in [-0.05, 0) is 49.2 Å². The van der Waals surface area contributed by atoms with Crippen molar-refractivity contribution in [1.29, 1.82) is 10.5 Å². The van der Waals surface area contributed by atoms with Crippen LogP contribution >= 0.6 is 0 Å². The zero-order chi connectivity index (χ0) is 21.8. The monoisotopic (exact) mass is 417 g/mol. The number of aryl methyl sites for hydroxylation is 1. The molecule has 8 nitrogen and oxygen atoms in total. The van der Waals surface area contributed by atoms with Crippen molar-refractivity contribution in [1.82, 2.24) is 15.6 Å². The Morgan fingerprint density at radius 2 is 2.26 bits per heavy atom. The Balaban J connectivity index is 1.52. The summed E-state index contributed by atoms with van der Waals surface area (Å²) in [4.78, 5) is 17.0. The van der Waals surface area contributed by atoms with Gasteiger partial charge in [0.05, 0.1) is 17.3 Å². The van der Waals surface area contributed by atoms with Crippen molar-refractivity contribution in [2.75, 3.05) is 19.7 Å². The number of hydrogen-bond acceptors (Lipinski definition) is 7. The summed E-state index contributed by atoms with van der Waals surface area (Å²) in [6.07, 6.45) is 2.18. The number of nitriles is 2. The quantitative estimate of drug-likeness (QED) is 0.777. The number of benzene rings is 1. The fourth-order valence-corrected chi connectivity index (χ4v) is 3.83. The molecule has 2 atom stereocenters. The first-order valence-corrected chi connectivity index (χ1v) is 10.3.